The van der Waals surface area contributed by atoms with E-state index in [0.717, 1.165) is 6.42 Å². The Morgan fingerprint density at radius 3 is 2.07 bits per heavy atom. The van der Waals surface area contributed by atoms with Crippen LogP contribution in [-0.4, -0.2) is 32.0 Å². The summed E-state index contributed by atoms with van der Waals surface area (Å²) in [4.78, 5) is 0. The van der Waals surface area contributed by atoms with Gasteiger partial charge in [0.2, 0.25) is 0 Å². The molecule has 0 saturated heterocycles. The monoisotopic (exact) mass is 235 g/mol. The average Bonchev–Trinajstić information content (AvgIpc) is 2.13. The molecule has 0 radical (unpaired) electrons. The van der Waals surface area contributed by atoms with E-state index in [1.807, 2.05) is 0 Å². The Kier molecular flexibility index (Phi) is 6.44. The molecule has 92 valence electrons. The van der Waals surface area contributed by atoms with Crippen molar-refractivity contribution < 1.29 is 8.42 Å². The summed E-state index contributed by atoms with van der Waals surface area (Å²) in [5.41, 5.74) is 0. The van der Waals surface area contributed by atoms with Crippen LogP contribution in [0.2, 0.25) is 0 Å². The predicted molar refractivity (Wildman–Crippen MR) is 65.8 cm³/mol. The molecule has 0 amide bonds. The van der Waals surface area contributed by atoms with Gasteiger partial charge in [-0.1, -0.05) is 27.7 Å². The van der Waals surface area contributed by atoms with Gasteiger partial charge in [-0.15, -0.1) is 0 Å². The molecule has 0 aromatic heterocycles. The molecule has 0 aliphatic rings. The van der Waals surface area contributed by atoms with Gasteiger partial charge in [0.1, 0.15) is 9.84 Å². The molecular formula is C11H25NO2S. The smallest absolute Gasteiger partial charge is 0.150 e. The summed E-state index contributed by atoms with van der Waals surface area (Å²) in [7, 11) is -2.80. The molecule has 0 rings (SSSR count). The summed E-state index contributed by atoms with van der Waals surface area (Å²) in [6.07, 6.45) is 0.747. The Morgan fingerprint density at radius 2 is 1.67 bits per heavy atom. The average molecular weight is 235 g/mol. The van der Waals surface area contributed by atoms with E-state index in [1.165, 1.54) is 0 Å². The summed E-state index contributed by atoms with van der Waals surface area (Å²) in [6, 6.07) is 0.822. The van der Waals surface area contributed by atoms with Crippen LogP contribution in [0.5, 0.6) is 0 Å². The Morgan fingerprint density at radius 1 is 1.13 bits per heavy atom. The van der Waals surface area contributed by atoms with Crippen LogP contribution < -0.4 is 5.32 Å². The zero-order chi connectivity index (χ0) is 12.1. The van der Waals surface area contributed by atoms with Gasteiger partial charge >= 0.3 is 0 Å². The van der Waals surface area contributed by atoms with Crippen LogP contribution in [0.25, 0.3) is 0 Å². The molecule has 0 heterocycles. The van der Waals surface area contributed by atoms with Gasteiger partial charge in [-0.2, -0.15) is 0 Å². The van der Waals surface area contributed by atoms with Gasteiger partial charge in [-0.05, 0) is 19.3 Å². The van der Waals surface area contributed by atoms with E-state index >= 15 is 0 Å². The maximum atomic E-state index is 11.3. The summed E-state index contributed by atoms with van der Waals surface area (Å²) >= 11 is 0. The maximum Gasteiger partial charge on any atom is 0.150 e. The molecule has 0 aromatic carbocycles. The Labute approximate surface area is 94.6 Å². The first-order valence-corrected chi connectivity index (χ1v) is 7.57. The highest BCUT2D eigenvalue weighted by Gasteiger charge is 2.16. The third-order valence-corrected chi connectivity index (χ3v) is 4.51. The van der Waals surface area contributed by atoms with Gasteiger partial charge in [0.15, 0.2) is 0 Å². The standard InChI is InChI=1S/C11H25NO2S/c1-6-15(13,14)8-7-10(4)11(5)12-9(2)3/h9-12H,6-8H2,1-5H3. The lowest BCUT2D eigenvalue weighted by molar-refractivity contribution is 0.366. The second-order valence-electron chi connectivity index (χ2n) is 4.61. The van der Waals surface area contributed by atoms with E-state index in [9.17, 15) is 8.42 Å². The number of nitrogens with one attached hydrogen (secondary N) is 1. The molecule has 2 atom stereocenters. The van der Waals surface area contributed by atoms with Crippen LogP contribution in [-0.2, 0) is 9.84 Å². The van der Waals surface area contributed by atoms with Gasteiger partial charge in [-0.3, -0.25) is 0 Å². The highest BCUT2D eigenvalue weighted by atomic mass is 32.2. The maximum absolute atomic E-state index is 11.3. The molecule has 1 N–H and O–H groups in total. The quantitative estimate of drug-likeness (QED) is 0.732. The van der Waals surface area contributed by atoms with Gasteiger partial charge in [0.05, 0.1) is 5.75 Å². The summed E-state index contributed by atoms with van der Waals surface area (Å²) in [6.45, 7) is 10.1. The Bertz CT molecular complexity index is 260. The van der Waals surface area contributed by atoms with E-state index < -0.39 is 9.84 Å². The highest BCUT2D eigenvalue weighted by molar-refractivity contribution is 7.91. The lowest BCUT2D eigenvalue weighted by Gasteiger charge is -2.23. The molecule has 3 nitrogen and oxygen atoms in total. The topological polar surface area (TPSA) is 46.2 Å². The lowest BCUT2D eigenvalue weighted by Crippen LogP contribution is -2.37. The first kappa shape index (κ1) is 14.9. The van der Waals surface area contributed by atoms with Gasteiger partial charge in [0, 0.05) is 17.8 Å². The molecule has 0 fully saturated rings. The predicted octanol–water partition coefficient (Wildman–Crippen LogP) is 1.83. The number of hydrogen-bond acceptors (Lipinski definition) is 3. The fraction of sp³-hybridized carbons (Fsp3) is 1.00. The number of sulfone groups is 1. The van der Waals surface area contributed by atoms with Crippen LogP contribution in [0.1, 0.15) is 41.0 Å². The summed E-state index contributed by atoms with van der Waals surface area (Å²) < 4.78 is 22.7. The van der Waals surface area contributed by atoms with E-state index in [1.54, 1.807) is 6.92 Å². The van der Waals surface area contributed by atoms with E-state index in [-0.39, 0.29) is 5.75 Å². The summed E-state index contributed by atoms with van der Waals surface area (Å²) in [5.74, 6) is 0.967. The minimum atomic E-state index is -2.80. The van der Waals surface area contributed by atoms with Crippen molar-refractivity contribution in [3.05, 3.63) is 0 Å². The molecule has 0 aliphatic carbocycles. The van der Waals surface area contributed by atoms with Crippen LogP contribution >= 0.6 is 0 Å². The minimum absolute atomic E-state index is 0.256. The lowest BCUT2D eigenvalue weighted by atomic mass is 10.0. The van der Waals surface area contributed by atoms with Gasteiger partial charge < -0.3 is 5.32 Å². The Hall–Kier alpha value is -0.0900. The van der Waals surface area contributed by atoms with E-state index in [4.69, 9.17) is 0 Å². The molecule has 0 bridgehead atoms. The summed E-state index contributed by atoms with van der Waals surface area (Å²) in [5, 5.41) is 3.40. The number of rotatable bonds is 7. The van der Waals surface area contributed by atoms with Crippen molar-refractivity contribution in [2.75, 3.05) is 11.5 Å². The van der Waals surface area contributed by atoms with Crippen molar-refractivity contribution in [2.24, 2.45) is 5.92 Å². The molecule has 4 heteroatoms. The first-order chi connectivity index (χ1) is 6.78. The molecule has 2 unspecified atom stereocenters. The second kappa shape index (κ2) is 6.48. The molecule has 0 spiro atoms. The van der Waals surface area contributed by atoms with Crippen molar-refractivity contribution >= 4 is 9.84 Å². The third kappa shape index (κ3) is 6.90. The fourth-order valence-corrected chi connectivity index (χ4v) is 2.47. The molecule has 15 heavy (non-hydrogen) atoms. The Balaban J connectivity index is 3.98. The minimum Gasteiger partial charge on any atom is -0.312 e. The molecule has 0 saturated carbocycles. The first-order valence-electron chi connectivity index (χ1n) is 5.75. The SMILES string of the molecule is CCS(=O)(=O)CCC(C)C(C)NC(C)C. The van der Waals surface area contributed by atoms with Crippen molar-refractivity contribution in [2.45, 2.75) is 53.1 Å². The normalized spacial score (nSPS) is 16.7. The molecular weight excluding hydrogens is 210 g/mol. The van der Waals surface area contributed by atoms with Crippen molar-refractivity contribution in [1.29, 1.82) is 0 Å². The second-order valence-corrected chi connectivity index (χ2v) is 7.09. The van der Waals surface area contributed by atoms with Crippen LogP contribution in [0.4, 0.5) is 0 Å². The van der Waals surface area contributed by atoms with Crippen molar-refractivity contribution in [1.82, 2.24) is 5.32 Å². The fourth-order valence-electron chi connectivity index (χ4n) is 1.45. The van der Waals surface area contributed by atoms with Gasteiger partial charge in [0.25, 0.3) is 0 Å². The largest absolute Gasteiger partial charge is 0.312 e. The zero-order valence-corrected chi connectivity index (χ0v) is 11.4. The van der Waals surface area contributed by atoms with Gasteiger partial charge in [-0.25, -0.2) is 8.42 Å². The third-order valence-electron chi connectivity index (χ3n) is 2.77. The van der Waals surface area contributed by atoms with Crippen LogP contribution in [0, 0.1) is 5.92 Å². The number of hydrogen-bond donors (Lipinski definition) is 1. The van der Waals surface area contributed by atoms with Crippen LogP contribution in [0.3, 0.4) is 0 Å². The van der Waals surface area contributed by atoms with E-state index in [0.29, 0.717) is 23.8 Å². The van der Waals surface area contributed by atoms with E-state index in [2.05, 4.69) is 33.0 Å². The van der Waals surface area contributed by atoms with Crippen molar-refractivity contribution in [3.8, 4) is 0 Å². The zero-order valence-electron chi connectivity index (χ0n) is 10.6. The molecule has 0 aliphatic heterocycles. The molecule has 0 aromatic rings. The van der Waals surface area contributed by atoms with Crippen molar-refractivity contribution in [3.63, 3.8) is 0 Å². The van der Waals surface area contributed by atoms with Crippen LogP contribution in [0.15, 0.2) is 0 Å². The highest BCUT2D eigenvalue weighted by Crippen LogP contribution is 2.10.